The largest absolute Gasteiger partial charge is 0.493 e. The van der Waals surface area contributed by atoms with Crippen LogP contribution in [-0.4, -0.2) is 57.2 Å². The van der Waals surface area contributed by atoms with Gasteiger partial charge in [-0.25, -0.2) is 12.7 Å². The Morgan fingerprint density at radius 1 is 1.24 bits per heavy atom. The van der Waals surface area contributed by atoms with Gasteiger partial charge in [0.05, 0.1) is 24.9 Å². The molecule has 0 spiro atoms. The van der Waals surface area contributed by atoms with Crippen LogP contribution in [0.5, 0.6) is 5.75 Å². The molecule has 0 bridgehead atoms. The molecule has 1 heterocycles. The summed E-state index contributed by atoms with van der Waals surface area (Å²) in [4.78, 5) is 4.54. The normalized spacial score (nSPS) is 17.6. The highest BCUT2D eigenvalue weighted by Crippen LogP contribution is 2.18. The number of guanidine groups is 1. The van der Waals surface area contributed by atoms with Gasteiger partial charge in [0.1, 0.15) is 5.75 Å². The molecule has 2 rings (SSSR count). The first-order chi connectivity index (χ1) is 13.3. The van der Waals surface area contributed by atoms with Crippen molar-refractivity contribution in [3.8, 4) is 5.75 Å². The maximum atomic E-state index is 11.9. The smallest absolute Gasteiger partial charge is 0.214 e. The number of halogens is 1. The summed E-state index contributed by atoms with van der Waals surface area (Å²) >= 11 is 0. The Hall–Kier alpha value is -1.07. The summed E-state index contributed by atoms with van der Waals surface area (Å²) in [7, 11) is -3.07. The lowest BCUT2D eigenvalue weighted by molar-refractivity contribution is 0.271. The number of rotatable bonds is 9. The van der Waals surface area contributed by atoms with E-state index < -0.39 is 10.0 Å². The van der Waals surface area contributed by atoms with E-state index in [1.165, 1.54) is 4.31 Å². The van der Waals surface area contributed by atoms with Gasteiger partial charge in [-0.15, -0.1) is 24.0 Å². The van der Waals surface area contributed by atoms with Gasteiger partial charge in [-0.3, -0.25) is 4.99 Å². The lowest BCUT2D eigenvalue weighted by atomic mass is 10.1. The average molecular weight is 538 g/mol. The zero-order valence-corrected chi connectivity index (χ0v) is 21.0. The van der Waals surface area contributed by atoms with Gasteiger partial charge in [-0.05, 0) is 43.9 Å². The molecule has 2 N–H and O–H groups in total. The predicted octanol–water partition coefficient (Wildman–Crippen LogP) is 2.99. The van der Waals surface area contributed by atoms with Gasteiger partial charge in [-0.1, -0.05) is 26.0 Å². The highest BCUT2D eigenvalue weighted by atomic mass is 127. The van der Waals surface area contributed by atoms with E-state index in [2.05, 4.69) is 36.4 Å². The third kappa shape index (κ3) is 8.67. The fraction of sp³-hybridized carbons (Fsp3) is 0.650. The number of aliphatic imine (C=N–C) groups is 1. The van der Waals surface area contributed by atoms with Crippen LogP contribution in [0.15, 0.2) is 29.3 Å². The van der Waals surface area contributed by atoms with Gasteiger partial charge < -0.3 is 15.4 Å². The first kappa shape index (κ1) is 26.0. The summed E-state index contributed by atoms with van der Waals surface area (Å²) < 4.78 is 31.0. The molecule has 0 amide bonds. The second-order valence-electron chi connectivity index (χ2n) is 7.47. The number of benzene rings is 1. The van der Waals surface area contributed by atoms with Crippen LogP contribution in [0.4, 0.5) is 0 Å². The second-order valence-corrected chi connectivity index (χ2v) is 9.56. The zero-order chi connectivity index (χ0) is 20.6. The summed E-state index contributed by atoms with van der Waals surface area (Å²) in [5.41, 5.74) is 1.13. The minimum Gasteiger partial charge on any atom is -0.493 e. The van der Waals surface area contributed by atoms with Crippen LogP contribution < -0.4 is 15.4 Å². The topological polar surface area (TPSA) is 83.0 Å². The molecule has 1 aromatic carbocycles. The number of hydrogen-bond acceptors (Lipinski definition) is 4. The van der Waals surface area contributed by atoms with Gasteiger partial charge in [-0.2, -0.15) is 0 Å². The third-order valence-electron chi connectivity index (χ3n) is 4.48. The Kier molecular flexibility index (Phi) is 11.3. The molecule has 29 heavy (non-hydrogen) atoms. The minimum atomic E-state index is -3.07. The molecule has 166 valence electrons. The van der Waals surface area contributed by atoms with E-state index in [-0.39, 0.29) is 35.8 Å². The van der Waals surface area contributed by atoms with Crippen molar-refractivity contribution in [3.63, 3.8) is 0 Å². The molecular formula is C20H35IN4O3S. The Labute approximate surface area is 192 Å². The number of sulfonamides is 1. The molecule has 1 unspecified atom stereocenters. The molecule has 1 aromatic rings. The molecule has 1 aliphatic heterocycles. The third-order valence-corrected chi connectivity index (χ3v) is 6.44. The zero-order valence-electron chi connectivity index (χ0n) is 17.8. The molecule has 9 heteroatoms. The highest BCUT2D eigenvalue weighted by molar-refractivity contribution is 14.0. The number of nitrogens with one attached hydrogen (secondary N) is 2. The summed E-state index contributed by atoms with van der Waals surface area (Å²) in [6.07, 6.45) is 0.707. The van der Waals surface area contributed by atoms with Crippen LogP contribution in [0.2, 0.25) is 0 Å². The monoisotopic (exact) mass is 538 g/mol. The van der Waals surface area contributed by atoms with Crippen molar-refractivity contribution < 1.29 is 13.2 Å². The molecule has 0 aliphatic carbocycles. The van der Waals surface area contributed by atoms with E-state index in [0.29, 0.717) is 44.5 Å². The van der Waals surface area contributed by atoms with Crippen molar-refractivity contribution in [2.24, 2.45) is 10.9 Å². The van der Waals surface area contributed by atoms with Crippen LogP contribution >= 0.6 is 24.0 Å². The minimum absolute atomic E-state index is 0. The summed E-state index contributed by atoms with van der Waals surface area (Å²) in [6, 6.07) is 8.13. The van der Waals surface area contributed by atoms with E-state index in [1.54, 1.807) is 0 Å². The first-order valence-electron chi connectivity index (χ1n) is 10.1. The molecule has 0 aromatic heterocycles. The molecule has 0 saturated carbocycles. The van der Waals surface area contributed by atoms with Crippen molar-refractivity contribution in [1.29, 1.82) is 0 Å². The van der Waals surface area contributed by atoms with E-state index in [4.69, 9.17) is 4.74 Å². The van der Waals surface area contributed by atoms with Crippen LogP contribution in [0.3, 0.4) is 0 Å². The lowest BCUT2D eigenvalue weighted by Gasteiger charge is -2.19. The number of ether oxygens (including phenoxy) is 1. The van der Waals surface area contributed by atoms with E-state index >= 15 is 0 Å². The Balaban J connectivity index is 0.00000420. The first-order valence-corrected chi connectivity index (χ1v) is 11.7. The summed E-state index contributed by atoms with van der Waals surface area (Å²) in [6.45, 7) is 11.2. The van der Waals surface area contributed by atoms with Crippen LogP contribution in [-0.2, 0) is 10.0 Å². The SMILES string of the molecule is CCNC(=NCCN1CCCS1(=O)=O)NC(C)c1ccc(OCC(C)C)cc1.I. The van der Waals surface area contributed by atoms with Crippen molar-refractivity contribution >= 4 is 40.0 Å². The summed E-state index contributed by atoms with van der Waals surface area (Å²) in [5.74, 6) is 2.31. The maximum Gasteiger partial charge on any atom is 0.214 e. The summed E-state index contributed by atoms with van der Waals surface area (Å²) in [5, 5.41) is 6.60. The Morgan fingerprint density at radius 3 is 2.48 bits per heavy atom. The van der Waals surface area contributed by atoms with E-state index in [9.17, 15) is 8.42 Å². The van der Waals surface area contributed by atoms with Crippen molar-refractivity contribution in [1.82, 2.24) is 14.9 Å². The molecule has 1 saturated heterocycles. The van der Waals surface area contributed by atoms with Gasteiger partial charge in [0.15, 0.2) is 5.96 Å². The van der Waals surface area contributed by atoms with E-state index in [0.717, 1.165) is 17.9 Å². The van der Waals surface area contributed by atoms with Gasteiger partial charge >= 0.3 is 0 Å². The van der Waals surface area contributed by atoms with Crippen molar-refractivity contribution in [3.05, 3.63) is 29.8 Å². The Morgan fingerprint density at radius 2 is 1.93 bits per heavy atom. The fourth-order valence-electron chi connectivity index (χ4n) is 2.94. The predicted molar refractivity (Wildman–Crippen MR) is 130 cm³/mol. The maximum absolute atomic E-state index is 11.9. The molecule has 1 fully saturated rings. The molecule has 1 aliphatic rings. The van der Waals surface area contributed by atoms with Gasteiger partial charge in [0, 0.05) is 19.6 Å². The van der Waals surface area contributed by atoms with Crippen molar-refractivity contribution in [2.45, 2.75) is 40.2 Å². The quantitative estimate of drug-likeness (QED) is 0.287. The Bertz CT molecular complexity index is 739. The lowest BCUT2D eigenvalue weighted by Crippen LogP contribution is -2.39. The molecular weight excluding hydrogens is 503 g/mol. The molecule has 1 atom stereocenters. The van der Waals surface area contributed by atoms with Crippen molar-refractivity contribution in [2.75, 3.05) is 38.5 Å². The number of nitrogens with zero attached hydrogens (tertiary/aromatic N) is 2. The fourth-order valence-corrected chi connectivity index (χ4v) is 4.46. The van der Waals surface area contributed by atoms with E-state index in [1.807, 2.05) is 31.2 Å². The molecule has 0 radical (unpaired) electrons. The van der Waals surface area contributed by atoms with Gasteiger partial charge in [0.2, 0.25) is 10.0 Å². The number of hydrogen-bond donors (Lipinski definition) is 2. The van der Waals surface area contributed by atoms with Gasteiger partial charge in [0.25, 0.3) is 0 Å². The van der Waals surface area contributed by atoms with Crippen LogP contribution in [0, 0.1) is 5.92 Å². The highest BCUT2D eigenvalue weighted by Gasteiger charge is 2.27. The van der Waals surface area contributed by atoms with Crippen LogP contribution in [0.25, 0.3) is 0 Å². The molecule has 7 nitrogen and oxygen atoms in total. The standard InChI is InChI=1S/C20H34N4O3S.HI/c1-5-21-20(22-11-13-24-12-6-14-28(24,25)26)23-17(4)18-7-9-19(10-8-18)27-15-16(2)3;/h7-10,16-17H,5-6,11-15H2,1-4H3,(H2,21,22,23);1H. The average Bonchev–Trinajstić information content (AvgIpc) is 2.98. The second kappa shape index (κ2) is 12.6. The van der Waals surface area contributed by atoms with Crippen LogP contribution in [0.1, 0.15) is 45.7 Å².